The second-order valence-electron chi connectivity index (χ2n) is 4.70. The first-order valence-corrected chi connectivity index (χ1v) is 6.23. The Morgan fingerprint density at radius 3 is 3.00 bits per heavy atom. The Labute approximate surface area is 103 Å². The molecule has 1 N–H and O–H groups in total. The fourth-order valence-corrected chi connectivity index (χ4v) is 2.34. The van der Waals surface area contributed by atoms with E-state index in [1.165, 1.54) is 0 Å². The van der Waals surface area contributed by atoms with Gasteiger partial charge in [-0.05, 0) is 25.6 Å². The average Bonchev–Trinajstić information content (AvgIpc) is 2.35. The maximum absolute atomic E-state index is 9.05. The van der Waals surface area contributed by atoms with Crippen LogP contribution < -0.4 is 0 Å². The highest BCUT2D eigenvalue weighted by Crippen LogP contribution is 2.12. The predicted molar refractivity (Wildman–Crippen MR) is 67.6 cm³/mol. The molecule has 1 aromatic heterocycles. The number of rotatable bonds is 4. The van der Waals surface area contributed by atoms with E-state index < -0.39 is 0 Å². The summed E-state index contributed by atoms with van der Waals surface area (Å²) in [5.74, 6) is 0. The molecule has 1 atom stereocenters. The van der Waals surface area contributed by atoms with Gasteiger partial charge in [0.05, 0.1) is 5.69 Å². The Morgan fingerprint density at radius 1 is 1.41 bits per heavy atom. The van der Waals surface area contributed by atoms with Gasteiger partial charge < -0.3 is 10.0 Å². The molecular weight excluding hydrogens is 214 g/mol. The van der Waals surface area contributed by atoms with Crippen LogP contribution >= 0.6 is 0 Å². The van der Waals surface area contributed by atoms with Crippen molar-refractivity contribution in [2.24, 2.45) is 0 Å². The number of hydrogen-bond acceptors (Lipinski definition) is 4. The standard InChI is InChI=1S/C13H21N3O/c1-15-7-8-16(11-13(15)5-9-17)10-12-4-2-3-6-14-12/h2-4,6,13,17H,5,7-11H2,1H3. The van der Waals surface area contributed by atoms with E-state index in [9.17, 15) is 0 Å². The van der Waals surface area contributed by atoms with Crippen LogP contribution in [0.3, 0.4) is 0 Å². The van der Waals surface area contributed by atoms with E-state index in [-0.39, 0.29) is 6.61 Å². The molecule has 2 rings (SSSR count). The molecular formula is C13H21N3O. The third-order valence-corrected chi connectivity index (χ3v) is 3.44. The van der Waals surface area contributed by atoms with Crippen LogP contribution in [0.1, 0.15) is 12.1 Å². The Bertz CT molecular complexity index is 331. The number of hydrogen-bond donors (Lipinski definition) is 1. The zero-order chi connectivity index (χ0) is 12.1. The second-order valence-corrected chi connectivity index (χ2v) is 4.70. The summed E-state index contributed by atoms with van der Waals surface area (Å²) in [6, 6.07) is 6.52. The van der Waals surface area contributed by atoms with E-state index in [1.807, 2.05) is 18.3 Å². The number of nitrogens with zero attached hydrogens (tertiary/aromatic N) is 3. The van der Waals surface area contributed by atoms with Gasteiger partial charge in [0, 0.05) is 45.0 Å². The zero-order valence-electron chi connectivity index (χ0n) is 10.4. The van der Waals surface area contributed by atoms with E-state index in [1.54, 1.807) is 0 Å². The van der Waals surface area contributed by atoms with Crippen LogP contribution in [-0.4, -0.2) is 59.2 Å². The molecule has 17 heavy (non-hydrogen) atoms. The minimum Gasteiger partial charge on any atom is -0.396 e. The van der Waals surface area contributed by atoms with Crippen molar-refractivity contribution < 1.29 is 5.11 Å². The largest absolute Gasteiger partial charge is 0.396 e. The third kappa shape index (κ3) is 3.49. The first-order chi connectivity index (χ1) is 8.29. The van der Waals surface area contributed by atoms with Gasteiger partial charge in [0.2, 0.25) is 0 Å². The Kier molecular flexibility index (Phi) is 4.48. The van der Waals surface area contributed by atoms with Gasteiger partial charge in [-0.2, -0.15) is 0 Å². The number of aliphatic hydroxyl groups is 1. The minimum absolute atomic E-state index is 0.270. The van der Waals surface area contributed by atoms with Crippen LogP contribution in [0.4, 0.5) is 0 Å². The molecule has 0 aliphatic carbocycles. The smallest absolute Gasteiger partial charge is 0.0543 e. The van der Waals surface area contributed by atoms with Crippen molar-refractivity contribution in [2.45, 2.75) is 19.0 Å². The normalized spacial score (nSPS) is 22.8. The van der Waals surface area contributed by atoms with Gasteiger partial charge in [0.1, 0.15) is 0 Å². The first kappa shape index (κ1) is 12.5. The number of likely N-dealkylation sites (N-methyl/N-ethyl adjacent to an activating group) is 1. The van der Waals surface area contributed by atoms with E-state index >= 15 is 0 Å². The van der Waals surface area contributed by atoms with Crippen molar-refractivity contribution in [1.29, 1.82) is 0 Å². The lowest BCUT2D eigenvalue weighted by Gasteiger charge is -2.39. The van der Waals surface area contributed by atoms with Gasteiger partial charge in [0.25, 0.3) is 0 Å². The molecule has 0 amide bonds. The SMILES string of the molecule is CN1CCN(Cc2ccccn2)CC1CCO. The van der Waals surface area contributed by atoms with Gasteiger partial charge in [-0.3, -0.25) is 9.88 Å². The molecule has 1 unspecified atom stereocenters. The van der Waals surface area contributed by atoms with Gasteiger partial charge in [-0.15, -0.1) is 0 Å². The number of aliphatic hydroxyl groups excluding tert-OH is 1. The molecule has 0 aromatic carbocycles. The highest BCUT2D eigenvalue weighted by Gasteiger charge is 2.23. The lowest BCUT2D eigenvalue weighted by Crippen LogP contribution is -2.51. The van der Waals surface area contributed by atoms with Crippen molar-refractivity contribution >= 4 is 0 Å². The van der Waals surface area contributed by atoms with Crippen molar-refractivity contribution in [3.05, 3.63) is 30.1 Å². The van der Waals surface area contributed by atoms with Gasteiger partial charge >= 0.3 is 0 Å². The Balaban J connectivity index is 1.90. The van der Waals surface area contributed by atoms with Crippen LogP contribution in [-0.2, 0) is 6.54 Å². The molecule has 1 saturated heterocycles. The van der Waals surface area contributed by atoms with Gasteiger partial charge in [-0.25, -0.2) is 0 Å². The number of pyridine rings is 1. The van der Waals surface area contributed by atoms with Crippen LogP contribution in [0.25, 0.3) is 0 Å². The van der Waals surface area contributed by atoms with Crippen molar-refractivity contribution in [3.8, 4) is 0 Å². The molecule has 1 fully saturated rings. The summed E-state index contributed by atoms with van der Waals surface area (Å²) in [4.78, 5) is 9.12. The molecule has 4 heteroatoms. The summed E-state index contributed by atoms with van der Waals surface area (Å²) in [5, 5.41) is 9.05. The monoisotopic (exact) mass is 235 g/mol. The third-order valence-electron chi connectivity index (χ3n) is 3.44. The average molecular weight is 235 g/mol. The molecule has 0 bridgehead atoms. The van der Waals surface area contributed by atoms with Crippen molar-refractivity contribution in [3.63, 3.8) is 0 Å². The summed E-state index contributed by atoms with van der Waals surface area (Å²) in [7, 11) is 2.14. The molecule has 1 aromatic rings. The first-order valence-electron chi connectivity index (χ1n) is 6.23. The molecule has 2 heterocycles. The highest BCUT2D eigenvalue weighted by molar-refractivity contribution is 5.03. The van der Waals surface area contributed by atoms with Crippen LogP contribution in [0, 0.1) is 0 Å². The minimum atomic E-state index is 0.270. The summed E-state index contributed by atoms with van der Waals surface area (Å²) in [6.07, 6.45) is 2.70. The molecule has 0 spiro atoms. The number of piperazine rings is 1. The maximum Gasteiger partial charge on any atom is 0.0543 e. The Hall–Kier alpha value is -0.970. The van der Waals surface area contributed by atoms with E-state index in [0.29, 0.717) is 6.04 Å². The lowest BCUT2D eigenvalue weighted by atomic mass is 10.1. The maximum atomic E-state index is 9.05. The van der Waals surface area contributed by atoms with Crippen molar-refractivity contribution in [2.75, 3.05) is 33.3 Å². The van der Waals surface area contributed by atoms with E-state index in [0.717, 1.165) is 38.3 Å². The number of aromatic nitrogens is 1. The predicted octanol–water partition coefficient (Wildman–Crippen LogP) is 0.580. The van der Waals surface area contributed by atoms with Gasteiger partial charge in [0.15, 0.2) is 0 Å². The Morgan fingerprint density at radius 2 is 2.29 bits per heavy atom. The molecule has 94 valence electrons. The molecule has 1 aliphatic heterocycles. The van der Waals surface area contributed by atoms with E-state index in [4.69, 9.17) is 5.11 Å². The topological polar surface area (TPSA) is 39.6 Å². The van der Waals surface area contributed by atoms with Crippen molar-refractivity contribution in [1.82, 2.24) is 14.8 Å². The highest BCUT2D eigenvalue weighted by atomic mass is 16.3. The summed E-state index contributed by atoms with van der Waals surface area (Å²) in [6.45, 7) is 4.35. The fourth-order valence-electron chi connectivity index (χ4n) is 2.34. The van der Waals surface area contributed by atoms with Crippen LogP contribution in [0.5, 0.6) is 0 Å². The molecule has 0 radical (unpaired) electrons. The lowest BCUT2D eigenvalue weighted by molar-refractivity contribution is 0.0736. The molecule has 1 aliphatic rings. The van der Waals surface area contributed by atoms with Crippen LogP contribution in [0.15, 0.2) is 24.4 Å². The summed E-state index contributed by atoms with van der Waals surface area (Å²) >= 11 is 0. The quantitative estimate of drug-likeness (QED) is 0.828. The molecule has 4 nitrogen and oxygen atoms in total. The summed E-state index contributed by atoms with van der Waals surface area (Å²) in [5.41, 5.74) is 1.12. The zero-order valence-corrected chi connectivity index (χ0v) is 10.4. The van der Waals surface area contributed by atoms with Crippen LogP contribution in [0.2, 0.25) is 0 Å². The molecule has 0 saturated carbocycles. The van der Waals surface area contributed by atoms with E-state index in [2.05, 4.69) is 27.9 Å². The second kappa shape index (κ2) is 6.10. The van der Waals surface area contributed by atoms with Gasteiger partial charge in [-0.1, -0.05) is 6.07 Å². The summed E-state index contributed by atoms with van der Waals surface area (Å²) < 4.78 is 0. The fraction of sp³-hybridized carbons (Fsp3) is 0.615.